The van der Waals surface area contributed by atoms with E-state index < -0.39 is 0 Å². The van der Waals surface area contributed by atoms with Gasteiger partial charge in [-0.3, -0.25) is 0 Å². The monoisotopic (exact) mass is 182 g/mol. The first-order chi connectivity index (χ1) is 6.38. The number of rotatable bonds is 1. The van der Waals surface area contributed by atoms with Gasteiger partial charge in [-0.15, -0.1) is 0 Å². The molecule has 0 aromatic carbocycles. The van der Waals surface area contributed by atoms with Gasteiger partial charge in [0.15, 0.2) is 0 Å². The second kappa shape index (κ2) is 4.43. The molecule has 2 atom stereocenters. The zero-order valence-corrected chi connectivity index (χ0v) is 8.47. The van der Waals surface area contributed by atoms with E-state index in [-0.39, 0.29) is 0 Å². The lowest BCUT2D eigenvalue weighted by Crippen LogP contribution is -2.53. The van der Waals surface area contributed by atoms with Crippen LogP contribution in [0.3, 0.4) is 0 Å². The van der Waals surface area contributed by atoms with Crippen LogP contribution >= 0.6 is 0 Å². The Morgan fingerprint density at radius 1 is 0.923 bits per heavy atom. The Morgan fingerprint density at radius 3 is 2.38 bits per heavy atom. The highest BCUT2D eigenvalue weighted by Gasteiger charge is 2.29. The average Bonchev–Trinajstić information content (AvgIpc) is 2.20. The van der Waals surface area contributed by atoms with Crippen molar-refractivity contribution >= 4 is 0 Å². The van der Waals surface area contributed by atoms with E-state index in [1.165, 1.54) is 51.5 Å². The van der Waals surface area contributed by atoms with Gasteiger partial charge < -0.3 is 11.1 Å². The van der Waals surface area contributed by atoms with Crippen LogP contribution < -0.4 is 11.1 Å². The van der Waals surface area contributed by atoms with E-state index in [1.54, 1.807) is 0 Å². The summed E-state index contributed by atoms with van der Waals surface area (Å²) in [6.07, 6.45) is 9.61. The molecule has 2 rings (SSSR count). The van der Waals surface area contributed by atoms with E-state index in [2.05, 4.69) is 5.32 Å². The van der Waals surface area contributed by atoms with Crippen molar-refractivity contribution in [1.29, 1.82) is 0 Å². The third kappa shape index (κ3) is 2.23. The maximum absolute atomic E-state index is 6.15. The number of nitrogens with two attached hydrogens (primary N) is 1. The van der Waals surface area contributed by atoms with E-state index >= 15 is 0 Å². The Kier molecular flexibility index (Phi) is 3.23. The molecule has 1 heterocycles. The molecule has 0 amide bonds. The van der Waals surface area contributed by atoms with Crippen molar-refractivity contribution in [2.45, 2.75) is 57.0 Å². The largest absolute Gasteiger partial charge is 0.326 e. The molecule has 2 unspecified atom stereocenters. The number of hydrogen-bond acceptors (Lipinski definition) is 2. The maximum Gasteiger partial charge on any atom is 0.0247 e. The molecule has 13 heavy (non-hydrogen) atoms. The second-order valence-corrected chi connectivity index (χ2v) is 4.68. The zero-order valence-electron chi connectivity index (χ0n) is 8.47. The van der Waals surface area contributed by atoms with Crippen molar-refractivity contribution in [3.05, 3.63) is 0 Å². The van der Waals surface area contributed by atoms with Crippen molar-refractivity contribution in [1.82, 2.24) is 5.32 Å². The van der Waals surface area contributed by atoms with Crippen LogP contribution in [-0.4, -0.2) is 18.6 Å². The summed E-state index contributed by atoms with van der Waals surface area (Å²) in [5.41, 5.74) is 6.15. The quantitative estimate of drug-likeness (QED) is 0.647. The summed E-state index contributed by atoms with van der Waals surface area (Å²) in [6, 6.07) is 1.06. The van der Waals surface area contributed by atoms with E-state index in [1.807, 2.05) is 0 Å². The van der Waals surface area contributed by atoms with E-state index in [0.29, 0.717) is 12.1 Å². The molecule has 1 aliphatic carbocycles. The van der Waals surface area contributed by atoms with Crippen LogP contribution in [0.25, 0.3) is 0 Å². The zero-order chi connectivity index (χ0) is 9.10. The molecule has 1 saturated carbocycles. The van der Waals surface area contributed by atoms with Crippen molar-refractivity contribution < 1.29 is 0 Å². The first-order valence-electron chi connectivity index (χ1n) is 5.87. The molecule has 0 aromatic rings. The lowest BCUT2D eigenvalue weighted by Gasteiger charge is -2.38. The van der Waals surface area contributed by atoms with Gasteiger partial charge in [0.2, 0.25) is 0 Å². The summed E-state index contributed by atoms with van der Waals surface area (Å²) in [6.45, 7) is 1.19. The fourth-order valence-corrected chi connectivity index (χ4v) is 2.95. The summed E-state index contributed by atoms with van der Waals surface area (Å²) in [4.78, 5) is 0. The Bertz CT molecular complexity index is 152. The molecule has 2 heteroatoms. The highest BCUT2D eigenvalue weighted by atomic mass is 15.0. The molecule has 3 N–H and O–H groups in total. The van der Waals surface area contributed by atoms with Gasteiger partial charge in [-0.1, -0.05) is 19.3 Å². The van der Waals surface area contributed by atoms with Gasteiger partial charge >= 0.3 is 0 Å². The van der Waals surface area contributed by atoms with Gasteiger partial charge in [0.1, 0.15) is 0 Å². The molecular formula is C11H22N2. The molecule has 0 radical (unpaired) electrons. The van der Waals surface area contributed by atoms with Crippen LogP contribution in [0.5, 0.6) is 0 Å². The Hall–Kier alpha value is -0.0800. The minimum atomic E-state index is 0.428. The van der Waals surface area contributed by atoms with Crippen molar-refractivity contribution in [3.63, 3.8) is 0 Å². The molecule has 2 nitrogen and oxygen atoms in total. The number of piperidine rings is 1. The smallest absolute Gasteiger partial charge is 0.0247 e. The average molecular weight is 182 g/mol. The van der Waals surface area contributed by atoms with Gasteiger partial charge in [0.25, 0.3) is 0 Å². The SMILES string of the molecule is NC1CCCNC1C1CCCCC1. The molecule has 0 bridgehead atoms. The predicted molar refractivity (Wildman–Crippen MR) is 55.6 cm³/mol. The lowest BCUT2D eigenvalue weighted by molar-refractivity contribution is 0.212. The number of nitrogens with one attached hydrogen (secondary N) is 1. The summed E-state index contributed by atoms with van der Waals surface area (Å²) in [5.74, 6) is 0.879. The van der Waals surface area contributed by atoms with Gasteiger partial charge in [0, 0.05) is 12.1 Å². The van der Waals surface area contributed by atoms with Crippen molar-refractivity contribution in [2.24, 2.45) is 11.7 Å². The normalized spacial score (nSPS) is 37.6. The van der Waals surface area contributed by atoms with Gasteiger partial charge in [-0.2, -0.15) is 0 Å². The Morgan fingerprint density at radius 2 is 1.69 bits per heavy atom. The highest BCUT2D eigenvalue weighted by molar-refractivity contribution is 4.90. The van der Waals surface area contributed by atoms with Gasteiger partial charge in [-0.25, -0.2) is 0 Å². The van der Waals surface area contributed by atoms with Crippen LogP contribution in [-0.2, 0) is 0 Å². The summed E-state index contributed by atoms with van der Waals surface area (Å²) < 4.78 is 0. The van der Waals surface area contributed by atoms with Crippen LogP contribution in [0.15, 0.2) is 0 Å². The first kappa shape index (κ1) is 9.47. The van der Waals surface area contributed by atoms with Gasteiger partial charge in [0.05, 0.1) is 0 Å². The van der Waals surface area contributed by atoms with Crippen molar-refractivity contribution in [3.8, 4) is 0 Å². The minimum Gasteiger partial charge on any atom is -0.326 e. The summed E-state index contributed by atoms with van der Waals surface area (Å²) in [5, 5.41) is 3.61. The third-order valence-electron chi connectivity index (χ3n) is 3.71. The molecule has 76 valence electrons. The highest BCUT2D eigenvalue weighted by Crippen LogP contribution is 2.29. The molecule has 1 aliphatic heterocycles. The first-order valence-corrected chi connectivity index (χ1v) is 5.87. The topological polar surface area (TPSA) is 38.0 Å². The van der Waals surface area contributed by atoms with Gasteiger partial charge in [-0.05, 0) is 38.1 Å². The lowest BCUT2D eigenvalue weighted by atomic mass is 9.79. The molecule has 0 aromatic heterocycles. The molecule has 2 fully saturated rings. The molecular weight excluding hydrogens is 160 g/mol. The Balaban J connectivity index is 1.88. The van der Waals surface area contributed by atoms with Crippen LogP contribution in [0.2, 0.25) is 0 Å². The predicted octanol–water partition coefficient (Wildman–Crippen LogP) is 1.65. The van der Waals surface area contributed by atoms with E-state index in [9.17, 15) is 0 Å². The molecule has 0 spiro atoms. The summed E-state index contributed by atoms with van der Waals surface area (Å²) in [7, 11) is 0. The maximum atomic E-state index is 6.15. The second-order valence-electron chi connectivity index (χ2n) is 4.68. The van der Waals surface area contributed by atoms with Crippen LogP contribution in [0.4, 0.5) is 0 Å². The van der Waals surface area contributed by atoms with Crippen LogP contribution in [0, 0.1) is 5.92 Å². The standard InChI is InChI=1S/C11H22N2/c12-10-7-4-8-13-11(10)9-5-2-1-3-6-9/h9-11,13H,1-8,12H2. The molecule has 2 aliphatic rings. The van der Waals surface area contributed by atoms with E-state index in [0.717, 1.165) is 5.92 Å². The fourth-order valence-electron chi connectivity index (χ4n) is 2.95. The summed E-state index contributed by atoms with van der Waals surface area (Å²) >= 11 is 0. The Labute approximate surface area is 81.3 Å². The van der Waals surface area contributed by atoms with E-state index in [4.69, 9.17) is 5.73 Å². The minimum absolute atomic E-state index is 0.428. The van der Waals surface area contributed by atoms with Crippen LogP contribution in [0.1, 0.15) is 44.9 Å². The third-order valence-corrected chi connectivity index (χ3v) is 3.71. The molecule has 1 saturated heterocycles. The number of hydrogen-bond donors (Lipinski definition) is 2. The fraction of sp³-hybridized carbons (Fsp3) is 1.00. The van der Waals surface area contributed by atoms with Crippen molar-refractivity contribution in [2.75, 3.05) is 6.54 Å².